The van der Waals surface area contributed by atoms with E-state index < -0.39 is 0 Å². The molecule has 5 heteroatoms. The number of fused-ring (bicyclic) bond motifs is 2. The number of nitrogens with one attached hydrogen (secondary N) is 1. The van der Waals surface area contributed by atoms with Crippen LogP contribution in [0.2, 0.25) is 5.02 Å². The average molecular weight is 492 g/mol. The van der Waals surface area contributed by atoms with Gasteiger partial charge in [-0.1, -0.05) is 56.2 Å². The summed E-state index contributed by atoms with van der Waals surface area (Å²) in [7, 11) is 0. The van der Waals surface area contributed by atoms with Crippen molar-refractivity contribution >= 4 is 17.5 Å². The molecule has 1 aromatic heterocycles. The van der Waals surface area contributed by atoms with Gasteiger partial charge in [-0.3, -0.25) is 9.48 Å². The summed E-state index contributed by atoms with van der Waals surface area (Å²) in [5.74, 6) is 0.632. The number of allylic oxidation sites excluding steroid dienone is 4. The van der Waals surface area contributed by atoms with Crippen molar-refractivity contribution in [2.75, 3.05) is 0 Å². The van der Waals surface area contributed by atoms with Crippen molar-refractivity contribution < 1.29 is 4.79 Å². The molecule has 3 atom stereocenters. The standard InChI is InChI=1S/C30H38ClN3O/c1-18-7-9-21(10-8-18)17-34-26(22-11-12-24(31)19(2)15-22)20(3)25(33-34)27(35)32-28-29(4,5)23-13-14-30(28,6)16-23/h7,9,11-12,15,23,28H,8,10,13-14,16-17H2,1-6H3,(H,32,35). The molecular weight excluding hydrogens is 454 g/mol. The van der Waals surface area contributed by atoms with E-state index in [9.17, 15) is 4.79 Å². The molecule has 2 bridgehead atoms. The molecule has 3 unspecified atom stereocenters. The summed E-state index contributed by atoms with van der Waals surface area (Å²) in [6.45, 7) is 13.9. The first-order chi connectivity index (χ1) is 16.5. The maximum absolute atomic E-state index is 13.7. The Hall–Kier alpha value is -2.33. The van der Waals surface area contributed by atoms with Crippen LogP contribution in [0.15, 0.2) is 41.5 Å². The molecule has 2 fully saturated rings. The zero-order chi connectivity index (χ0) is 25.1. The van der Waals surface area contributed by atoms with Gasteiger partial charge in [0.25, 0.3) is 5.91 Å². The first-order valence-electron chi connectivity index (χ1n) is 13.0. The summed E-state index contributed by atoms with van der Waals surface area (Å²) >= 11 is 6.34. The maximum Gasteiger partial charge on any atom is 0.272 e. The normalized spacial score (nSPS) is 27.1. The fourth-order valence-corrected chi connectivity index (χ4v) is 7.13. The molecule has 186 valence electrons. The fraction of sp³-hybridized carbons (Fsp3) is 0.533. The van der Waals surface area contributed by atoms with E-state index in [0.29, 0.717) is 18.2 Å². The van der Waals surface area contributed by atoms with Gasteiger partial charge in [-0.25, -0.2) is 0 Å². The number of hydrogen-bond donors (Lipinski definition) is 1. The molecular formula is C30H38ClN3O. The lowest BCUT2D eigenvalue weighted by atomic mass is 9.68. The van der Waals surface area contributed by atoms with Crippen LogP contribution >= 0.6 is 11.6 Å². The number of hydrogen-bond acceptors (Lipinski definition) is 2. The minimum Gasteiger partial charge on any atom is -0.347 e. The van der Waals surface area contributed by atoms with Crippen molar-refractivity contribution in [2.45, 2.75) is 86.2 Å². The smallest absolute Gasteiger partial charge is 0.272 e. The number of amides is 1. The third-order valence-corrected chi connectivity index (χ3v) is 9.60. The zero-order valence-electron chi connectivity index (χ0n) is 22.0. The van der Waals surface area contributed by atoms with Gasteiger partial charge in [0.1, 0.15) is 0 Å². The SMILES string of the molecule is CC1=CC=C(Cn2nc(C(=O)NC3C4(C)CCC(C4)C3(C)C)c(C)c2-c2ccc(Cl)c(C)c2)CC1. The van der Waals surface area contributed by atoms with Gasteiger partial charge in [-0.2, -0.15) is 5.10 Å². The van der Waals surface area contributed by atoms with E-state index >= 15 is 0 Å². The van der Waals surface area contributed by atoms with Crippen molar-refractivity contribution in [1.29, 1.82) is 0 Å². The Kier molecular flexibility index (Phi) is 6.03. The van der Waals surface area contributed by atoms with E-state index in [1.54, 1.807) is 0 Å². The lowest BCUT2D eigenvalue weighted by Gasteiger charge is -2.43. The van der Waals surface area contributed by atoms with E-state index in [1.807, 2.05) is 30.7 Å². The molecule has 3 aliphatic carbocycles. The molecule has 35 heavy (non-hydrogen) atoms. The summed E-state index contributed by atoms with van der Waals surface area (Å²) in [4.78, 5) is 13.7. The van der Waals surface area contributed by atoms with Crippen LogP contribution in [0.3, 0.4) is 0 Å². The first-order valence-corrected chi connectivity index (χ1v) is 13.4. The molecule has 0 saturated heterocycles. The average Bonchev–Trinajstić information content (AvgIpc) is 3.41. The van der Waals surface area contributed by atoms with E-state index in [2.05, 4.69) is 51.2 Å². The monoisotopic (exact) mass is 491 g/mol. The highest BCUT2D eigenvalue weighted by molar-refractivity contribution is 6.31. The number of carbonyl (C=O) groups excluding carboxylic acids is 1. The second-order valence-electron chi connectivity index (χ2n) is 12.1. The Bertz CT molecular complexity index is 1250. The molecule has 1 amide bonds. The molecule has 1 heterocycles. The third-order valence-electron chi connectivity index (χ3n) is 9.18. The first kappa shape index (κ1) is 24.4. The van der Waals surface area contributed by atoms with Gasteiger partial charge >= 0.3 is 0 Å². The highest BCUT2D eigenvalue weighted by Gasteiger charge is 2.59. The summed E-state index contributed by atoms with van der Waals surface area (Å²) in [6.07, 6.45) is 10.2. The quantitative estimate of drug-likeness (QED) is 0.472. The van der Waals surface area contributed by atoms with Crippen LogP contribution in [0.4, 0.5) is 0 Å². The van der Waals surface area contributed by atoms with Crippen molar-refractivity contribution in [3.63, 3.8) is 0 Å². The number of nitrogens with zero attached hydrogens (tertiary/aromatic N) is 2. The predicted octanol–water partition coefficient (Wildman–Crippen LogP) is 7.43. The molecule has 0 aliphatic heterocycles. The van der Waals surface area contributed by atoms with Crippen LogP contribution in [-0.2, 0) is 6.54 Å². The fourth-order valence-electron chi connectivity index (χ4n) is 7.01. The number of carbonyl (C=O) groups is 1. The van der Waals surface area contributed by atoms with E-state index in [0.717, 1.165) is 40.2 Å². The van der Waals surface area contributed by atoms with Crippen LogP contribution in [0.25, 0.3) is 11.3 Å². The van der Waals surface area contributed by atoms with Crippen molar-refractivity contribution in [1.82, 2.24) is 15.1 Å². The Morgan fingerprint density at radius 1 is 1.17 bits per heavy atom. The van der Waals surface area contributed by atoms with Gasteiger partial charge in [0, 0.05) is 22.2 Å². The molecule has 0 radical (unpaired) electrons. The molecule has 1 aromatic carbocycles. The van der Waals surface area contributed by atoms with Crippen LogP contribution < -0.4 is 5.32 Å². The van der Waals surface area contributed by atoms with Gasteiger partial charge in [0.05, 0.1) is 12.2 Å². The van der Waals surface area contributed by atoms with Crippen LogP contribution in [0.1, 0.15) is 81.4 Å². The van der Waals surface area contributed by atoms with Crippen LogP contribution in [-0.4, -0.2) is 21.7 Å². The summed E-state index contributed by atoms with van der Waals surface area (Å²) in [6, 6.07) is 6.25. The van der Waals surface area contributed by atoms with Gasteiger partial charge < -0.3 is 5.32 Å². The molecule has 5 rings (SSSR count). The number of aromatic nitrogens is 2. The predicted molar refractivity (Wildman–Crippen MR) is 144 cm³/mol. The Balaban J connectivity index is 1.52. The number of rotatable bonds is 5. The highest BCUT2D eigenvalue weighted by Crippen LogP contribution is 2.62. The molecule has 3 aliphatic rings. The Labute approximate surface area is 214 Å². The number of halogens is 1. The second-order valence-corrected chi connectivity index (χ2v) is 12.5. The van der Waals surface area contributed by atoms with Crippen molar-refractivity contribution in [2.24, 2.45) is 16.7 Å². The molecule has 2 saturated carbocycles. The molecule has 1 N–H and O–H groups in total. The zero-order valence-corrected chi connectivity index (χ0v) is 22.7. The van der Waals surface area contributed by atoms with Crippen LogP contribution in [0, 0.1) is 30.6 Å². The van der Waals surface area contributed by atoms with Gasteiger partial charge in [-0.15, -0.1) is 0 Å². The lowest BCUT2D eigenvalue weighted by molar-refractivity contribution is 0.0732. The largest absolute Gasteiger partial charge is 0.347 e. The van der Waals surface area contributed by atoms with Crippen LogP contribution in [0.5, 0.6) is 0 Å². The van der Waals surface area contributed by atoms with Gasteiger partial charge in [0.2, 0.25) is 0 Å². The van der Waals surface area contributed by atoms with Crippen molar-refractivity contribution in [3.05, 3.63) is 63.3 Å². The summed E-state index contributed by atoms with van der Waals surface area (Å²) in [5, 5.41) is 9.14. The Morgan fingerprint density at radius 3 is 2.57 bits per heavy atom. The van der Waals surface area contributed by atoms with Gasteiger partial charge in [0.15, 0.2) is 5.69 Å². The molecule has 0 spiro atoms. The lowest BCUT2D eigenvalue weighted by Crippen LogP contribution is -2.52. The number of aryl methyl sites for hydroxylation is 1. The molecule has 2 aromatic rings. The number of benzene rings is 1. The second kappa shape index (κ2) is 8.65. The van der Waals surface area contributed by atoms with Gasteiger partial charge in [-0.05, 0) is 92.9 Å². The topological polar surface area (TPSA) is 46.9 Å². The minimum absolute atomic E-state index is 0.0478. The van der Waals surface area contributed by atoms with E-state index in [-0.39, 0.29) is 22.8 Å². The van der Waals surface area contributed by atoms with E-state index in [1.165, 1.54) is 30.4 Å². The van der Waals surface area contributed by atoms with Crippen molar-refractivity contribution in [3.8, 4) is 11.3 Å². The Morgan fingerprint density at radius 2 is 1.94 bits per heavy atom. The third kappa shape index (κ3) is 4.18. The highest BCUT2D eigenvalue weighted by atomic mass is 35.5. The summed E-state index contributed by atoms with van der Waals surface area (Å²) in [5.41, 5.74) is 7.55. The summed E-state index contributed by atoms with van der Waals surface area (Å²) < 4.78 is 2.03. The molecule has 4 nitrogen and oxygen atoms in total. The minimum atomic E-state index is -0.0478. The maximum atomic E-state index is 13.7. The van der Waals surface area contributed by atoms with E-state index in [4.69, 9.17) is 16.7 Å².